The van der Waals surface area contributed by atoms with Crippen LogP contribution in [0, 0.1) is 11.6 Å². The number of carbonyl (C=O) groups is 1. The van der Waals surface area contributed by atoms with E-state index in [0.717, 1.165) is 63.8 Å². The fraction of sp³-hybridized carbons (Fsp3) is 0.708. The molecule has 1 amide bonds. The molecule has 176 valence electrons. The minimum atomic E-state index is -1.03. The summed E-state index contributed by atoms with van der Waals surface area (Å²) in [4.78, 5) is 16.3. The Kier molecular flexibility index (Phi) is 11.2. The molecule has 1 aliphatic carbocycles. The van der Waals surface area contributed by atoms with Crippen LogP contribution < -0.4 is 4.74 Å². The zero-order valence-corrected chi connectivity index (χ0v) is 19.2. The van der Waals surface area contributed by atoms with Crippen LogP contribution in [0.2, 0.25) is 0 Å². The van der Waals surface area contributed by atoms with Gasteiger partial charge < -0.3 is 19.3 Å². The van der Waals surface area contributed by atoms with E-state index in [2.05, 4.69) is 18.9 Å². The van der Waals surface area contributed by atoms with Gasteiger partial charge in [0.05, 0.1) is 6.10 Å². The Morgan fingerprint density at radius 3 is 2.32 bits per heavy atom. The average molecular weight is 441 g/mol. The summed E-state index contributed by atoms with van der Waals surface area (Å²) in [6, 6.07) is 3.15. The van der Waals surface area contributed by atoms with Gasteiger partial charge >= 0.3 is 6.09 Å². The first-order valence-electron chi connectivity index (χ1n) is 11.6. The van der Waals surface area contributed by atoms with Gasteiger partial charge in [-0.25, -0.2) is 13.6 Å². The van der Waals surface area contributed by atoms with Crippen molar-refractivity contribution in [1.29, 1.82) is 0 Å². The molecule has 0 bridgehead atoms. The molecule has 5 nitrogen and oxygen atoms in total. The zero-order chi connectivity index (χ0) is 22.6. The van der Waals surface area contributed by atoms with Crippen molar-refractivity contribution in [2.45, 2.75) is 76.9 Å². The third kappa shape index (κ3) is 9.11. The highest BCUT2D eigenvalue weighted by molar-refractivity contribution is 5.70. The quantitative estimate of drug-likeness (QED) is 0.395. The SMILES string of the molecule is CCCCCN(C)CCCCO[C@H]1CC[C@H](N(C)C(=O)Oc2ccc(F)c(F)c2)CC1. The fourth-order valence-electron chi connectivity index (χ4n) is 3.94. The van der Waals surface area contributed by atoms with E-state index >= 15 is 0 Å². The summed E-state index contributed by atoms with van der Waals surface area (Å²) in [5.41, 5.74) is 0. The Hall–Kier alpha value is -1.73. The normalized spacial score (nSPS) is 18.9. The average Bonchev–Trinajstić information content (AvgIpc) is 2.76. The minimum absolute atomic E-state index is 0.00350. The Labute approximate surface area is 185 Å². The van der Waals surface area contributed by atoms with E-state index in [1.165, 1.54) is 31.9 Å². The van der Waals surface area contributed by atoms with Crippen molar-refractivity contribution in [3.05, 3.63) is 29.8 Å². The standard InChI is InChI=1S/C24H38F2N2O3/c1-4-5-6-15-27(2)16-7-8-17-30-20-11-9-19(10-12-20)28(3)24(29)31-21-13-14-22(25)23(26)18-21/h13-14,18-20H,4-12,15-17H2,1-3H3/t19-,20-. The molecule has 0 radical (unpaired) electrons. The van der Waals surface area contributed by atoms with E-state index in [0.29, 0.717) is 0 Å². The van der Waals surface area contributed by atoms with Crippen molar-refractivity contribution in [2.75, 3.05) is 33.8 Å². The van der Waals surface area contributed by atoms with Gasteiger partial charge in [-0.3, -0.25) is 0 Å². The van der Waals surface area contributed by atoms with Gasteiger partial charge in [-0.2, -0.15) is 0 Å². The molecule has 0 aromatic heterocycles. The lowest BCUT2D eigenvalue weighted by Gasteiger charge is -2.34. The van der Waals surface area contributed by atoms with Crippen LogP contribution in [0.4, 0.5) is 13.6 Å². The van der Waals surface area contributed by atoms with Crippen molar-refractivity contribution in [2.24, 2.45) is 0 Å². The number of unbranched alkanes of at least 4 members (excludes halogenated alkanes) is 3. The molecule has 2 rings (SSSR count). The topological polar surface area (TPSA) is 42.0 Å². The second kappa shape index (κ2) is 13.6. The molecular weight excluding hydrogens is 402 g/mol. The maximum Gasteiger partial charge on any atom is 0.415 e. The molecule has 0 saturated heterocycles. The zero-order valence-electron chi connectivity index (χ0n) is 19.2. The maximum atomic E-state index is 13.3. The lowest BCUT2D eigenvalue weighted by atomic mass is 9.92. The van der Waals surface area contributed by atoms with Crippen LogP contribution >= 0.6 is 0 Å². The molecule has 31 heavy (non-hydrogen) atoms. The maximum absolute atomic E-state index is 13.3. The van der Waals surface area contributed by atoms with Crippen molar-refractivity contribution in [3.63, 3.8) is 0 Å². The second-order valence-corrected chi connectivity index (χ2v) is 8.57. The third-order valence-electron chi connectivity index (χ3n) is 6.01. The first kappa shape index (κ1) is 25.5. The predicted octanol–water partition coefficient (Wildman–Crippen LogP) is 5.63. The van der Waals surface area contributed by atoms with Gasteiger partial charge in [0.2, 0.25) is 0 Å². The third-order valence-corrected chi connectivity index (χ3v) is 6.01. The van der Waals surface area contributed by atoms with Gasteiger partial charge in [0, 0.05) is 25.8 Å². The van der Waals surface area contributed by atoms with E-state index in [-0.39, 0.29) is 17.9 Å². The van der Waals surface area contributed by atoms with Crippen LogP contribution in [0.15, 0.2) is 18.2 Å². The monoisotopic (exact) mass is 440 g/mol. The summed E-state index contributed by atoms with van der Waals surface area (Å²) in [6.45, 7) is 5.30. The molecule has 0 atom stereocenters. The molecule has 0 heterocycles. The number of halogens is 2. The number of nitrogens with zero attached hydrogens (tertiary/aromatic N) is 2. The summed E-state index contributed by atoms with van der Waals surface area (Å²) in [6.07, 6.45) is 9.23. The van der Waals surface area contributed by atoms with E-state index in [1.807, 2.05) is 0 Å². The van der Waals surface area contributed by atoms with E-state index in [9.17, 15) is 13.6 Å². The molecule has 1 aromatic carbocycles. The number of rotatable bonds is 12. The van der Waals surface area contributed by atoms with Crippen molar-refractivity contribution < 1.29 is 23.0 Å². The smallest absolute Gasteiger partial charge is 0.410 e. The van der Waals surface area contributed by atoms with Gasteiger partial charge in [-0.05, 0) is 77.2 Å². The highest BCUT2D eigenvalue weighted by atomic mass is 19.2. The lowest BCUT2D eigenvalue weighted by Crippen LogP contribution is -2.42. The van der Waals surface area contributed by atoms with Crippen LogP contribution in [0.25, 0.3) is 0 Å². The summed E-state index contributed by atoms with van der Waals surface area (Å²) in [7, 11) is 3.87. The number of carbonyl (C=O) groups excluding carboxylic acids is 1. The fourth-order valence-corrected chi connectivity index (χ4v) is 3.94. The summed E-state index contributed by atoms with van der Waals surface area (Å²) < 4.78 is 37.5. The van der Waals surface area contributed by atoms with E-state index < -0.39 is 17.7 Å². The second-order valence-electron chi connectivity index (χ2n) is 8.57. The molecule has 1 fully saturated rings. The highest BCUT2D eigenvalue weighted by Crippen LogP contribution is 2.26. The van der Waals surface area contributed by atoms with Crippen LogP contribution in [0.1, 0.15) is 64.7 Å². The molecule has 1 saturated carbocycles. The number of hydrogen-bond acceptors (Lipinski definition) is 4. The number of amides is 1. The first-order chi connectivity index (χ1) is 14.9. The summed E-state index contributed by atoms with van der Waals surface area (Å²) in [5.74, 6) is -2.00. The van der Waals surface area contributed by atoms with Crippen LogP contribution in [0.5, 0.6) is 5.75 Å². The predicted molar refractivity (Wildman–Crippen MR) is 118 cm³/mol. The Morgan fingerprint density at radius 1 is 1.00 bits per heavy atom. The van der Waals surface area contributed by atoms with E-state index in [1.54, 1.807) is 11.9 Å². The summed E-state index contributed by atoms with van der Waals surface area (Å²) in [5, 5.41) is 0. The molecule has 1 aliphatic rings. The van der Waals surface area contributed by atoms with Gasteiger partial charge in [-0.1, -0.05) is 19.8 Å². The van der Waals surface area contributed by atoms with Gasteiger partial charge in [-0.15, -0.1) is 0 Å². The Morgan fingerprint density at radius 2 is 1.68 bits per heavy atom. The van der Waals surface area contributed by atoms with Crippen molar-refractivity contribution >= 4 is 6.09 Å². The van der Waals surface area contributed by atoms with Crippen LogP contribution in [-0.2, 0) is 4.74 Å². The molecule has 0 aliphatic heterocycles. The molecule has 0 spiro atoms. The Balaban J connectivity index is 1.59. The van der Waals surface area contributed by atoms with E-state index in [4.69, 9.17) is 9.47 Å². The molecule has 0 unspecified atom stereocenters. The Bertz CT molecular complexity index is 666. The molecule has 0 N–H and O–H groups in total. The van der Waals surface area contributed by atoms with Crippen LogP contribution in [-0.4, -0.2) is 61.8 Å². The number of ether oxygens (including phenoxy) is 2. The highest BCUT2D eigenvalue weighted by Gasteiger charge is 2.28. The van der Waals surface area contributed by atoms with Crippen molar-refractivity contribution in [1.82, 2.24) is 9.80 Å². The van der Waals surface area contributed by atoms with Crippen molar-refractivity contribution in [3.8, 4) is 5.75 Å². The summed E-state index contributed by atoms with van der Waals surface area (Å²) >= 11 is 0. The number of hydrogen-bond donors (Lipinski definition) is 0. The van der Waals surface area contributed by atoms with Gasteiger partial charge in [0.25, 0.3) is 0 Å². The lowest BCUT2D eigenvalue weighted by molar-refractivity contribution is 0.0101. The van der Waals surface area contributed by atoms with Gasteiger partial charge in [0.15, 0.2) is 11.6 Å². The molecular formula is C24H38F2N2O3. The minimum Gasteiger partial charge on any atom is -0.410 e. The van der Waals surface area contributed by atoms with Crippen LogP contribution in [0.3, 0.4) is 0 Å². The first-order valence-corrected chi connectivity index (χ1v) is 11.6. The number of benzene rings is 1. The largest absolute Gasteiger partial charge is 0.415 e. The molecule has 1 aromatic rings. The van der Waals surface area contributed by atoms with Gasteiger partial charge in [0.1, 0.15) is 5.75 Å². The molecule has 7 heteroatoms.